The lowest BCUT2D eigenvalue weighted by Crippen LogP contribution is -2.46. The fourth-order valence-corrected chi connectivity index (χ4v) is 2.99. The molecule has 1 N–H and O–H groups in total. The van der Waals surface area contributed by atoms with Gasteiger partial charge in [-0.25, -0.2) is 4.39 Å². The second-order valence-electron chi connectivity index (χ2n) is 5.64. The second kappa shape index (κ2) is 5.27. The summed E-state index contributed by atoms with van der Waals surface area (Å²) >= 11 is 0. The summed E-state index contributed by atoms with van der Waals surface area (Å²) in [5.41, 5.74) is 1.66. The molecule has 3 atom stereocenters. The first-order chi connectivity index (χ1) is 8.52. The molecule has 3 unspecified atom stereocenters. The molecule has 0 amide bonds. The number of nitrogens with zero attached hydrogens (tertiary/aromatic N) is 1. The highest BCUT2D eigenvalue weighted by Gasteiger charge is 2.29. The van der Waals surface area contributed by atoms with Crippen molar-refractivity contribution in [2.75, 3.05) is 11.4 Å². The Morgan fingerprint density at radius 2 is 2.06 bits per heavy atom. The minimum Gasteiger partial charge on any atom is -0.392 e. The van der Waals surface area contributed by atoms with Crippen molar-refractivity contribution >= 4 is 5.69 Å². The highest BCUT2D eigenvalue weighted by Crippen LogP contribution is 2.33. The van der Waals surface area contributed by atoms with Crippen LogP contribution in [-0.4, -0.2) is 17.7 Å². The predicted octanol–water partition coefficient (Wildman–Crippen LogP) is 3.19. The number of hydrogen-bond donors (Lipinski definition) is 1. The number of benzene rings is 1. The van der Waals surface area contributed by atoms with Crippen LogP contribution in [0, 0.1) is 17.7 Å². The molecule has 0 radical (unpaired) electrons. The van der Waals surface area contributed by atoms with Crippen molar-refractivity contribution in [1.29, 1.82) is 0 Å². The highest BCUT2D eigenvalue weighted by atomic mass is 19.1. The summed E-state index contributed by atoms with van der Waals surface area (Å²) in [6, 6.07) is 5.14. The van der Waals surface area contributed by atoms with Crippen molar-refractivity contribution in [2.45, 2.75) is 39.8 Å². The molecule has 18 heavy (non-hydrogen) atoms. The quantitative estimate of drug-likeness (QED) is 0.872. The average molecular weight is 251 g/mol. The van der Waals surface area contributed by atoms with Crippen LogP contribution in [-0.2, 0) is 6.61 Å². The van der Waals surface area contributed by atoms with E-state index in [4.69, 9.17) is 0 Å². The molecule has 0 aliphatic carbocycles. The zero-order valence-electron chi connectivity index (χ0n) is 11.4. The van der Waals surface area contributed by atoms with Gasteiger partial charge in [-0.15, -0.1) is 0 Å². The number of piperidine rings is 1. The molecule has 1 aromatic carbocycles. The van der Waals surface area contributed by atoms with Gasteiger partial charge in [0, 0.05) is 23.8 Å². The molecule has 1 aliphatic rings. The number of hydrogen-bond acceptors (Lipinski definition) is 2. The molecule has 0 aromatic heterocycles. The Labute approximate surface area is 108 Å². The first-order valence-electron chi connectivity index (χ1n) is 6.68. The molecule has 0 saturated carbocycles. The van der Waals surface area contributed by atoms with Crippen LogP contribution in [0.5, 0.6) is 0 Å². The van der Waals surface area contributed by atoms with Crippen LogP contribution in [0.4, 0.5) is 10.1 Å². The molecular weight excluding hydrogens is 229 g/mol. The molecule has 2 nitrogen and oxygen atoms in total. The van der Waals surface area contributed by atoms with Gasteiger partial charge in [-0.3, -0.25) is 0 Å². The van der Waals surface area contributed by atoms with Gasteiger partial charge in [0.1, 0.15) is 5.82 Å². The van der Waals surface area contributed by atoms with E-state index in [0.29, 0.717) is 23.4 Å². The van der Waals surface area contributed by atoms with Crippen LogP contribution in [0.3, 0.4) is 0 Å². The lowest BCUT2D eigenvalue weighted by atomic mass is 9.85. The number of anilines is 1. The van der Waals surface area contributed by atoms with E-state index in [1.54, 1.807) is 6.07 Å². The zero-order valence-corrected chi connectivity index (χ0v) is 11.4. The number of aliphatic hydroxyl groups is 1. The van der Waals surface area contributed by atoms with Crippen LogP contribution in [0.1, 0.15) is 32.8 Å². The maximum absolute atomic E-state index is 13.2. The molecule has 0 bridgehead atoms. The van der Waals surface area contributed by atoms with Gasteiger partial charge in [0.05, 0.1) is 6.61 Å². The summed E-state index contributed by atoms with van der Waals surface area (Å²) in [6.45, 7) is 7.58. The lowest BCUT2D eigenvalue weighted by Gasteiger charge is -2.43. The standard InChI is InChI=1S/C15H22FNO/c1-10-6-11(2)12(3)17(8-10)15-5-4-14(16)7-13(15)9-18/h4-5,7,10-12,18H,6,8-9H2,1-3H3. The number of rotatable bonds is 2. The van der Waals surface area contributed by atoms with Crippen LogP contribution >= 0.6 is 0 Å². The van der Waals surface area contributed by atoms with E-state index in [0.717, 1.165) is 12.2 Å². The van der Waals surface area contributed by atoms with Crippen LogP contribution in [0.15, 0.2) is 18.2 Å². The van der Waals surface area contributed by atoms with Crippen molar-refractivity contribution in [1.82, 2.24) is 0 Å². The third-order valence-electron chi connectivity index (χ3n) is 4.12. The van der Waals surface area contributed by atoms with Gasteiger partial charge in [-0.1, -0.05) is 13.8 Å². The van der Waals surface area contributed by atoms with Crippen LogP contribution in [0.25, 0.3) is 0 Å². The van der Waals surface area contributed by atoms with Gasteiger partial charge in [0.15, 0.2) is 0 Å². The number of aliphatic hydroxyl groups excluding tert-OH is 1. The van der Waals surface area contributed by atoms with Gasteiger partial charge >= 0.3 is 0 Å². The van der Waals surface area contributed by atoms with E-state index >= 15 is 0 Å². The second-order valence-corrected chi connectivity index (χ2v) is 5.64. The summed E-state index contributed by atoms with van der Waals surface area (Å²) in [4.78, 5) is 2.31. The summed E-state index contributed by atoms with van der Waals surface area (Å²) in [6.07, 6.45) is 1.23. The van der Waals surface area contributed by atoms with E-state index in [1.165, 1.54) is 18.6 Å². The molecule has 1 saturated heterocycles. The Morgan fingerprint density at radius 1 is 1.33 bits per heavy atom. The van der Waals surface area contributed by atoms with Crippen LogP contribution in [0.2, 0.25) is 0 Å². The Hall–Kier alpha value is -1.09. The zero-order chi connectivity index (χ0) is 13.3. The SMILES string of the molecule is CC1CC(C)C(C)N(c2ccc(F)cc2CO)C1. The van der Waals surface area contributed by atoms with Crippen LogP contribution < -0.4 is 4.90 Å². The summed E-state index contributed by atoms with van der Waals surface area (Å²) < 4.78 is 13.2. The van der Waals surface area contributed by atoms with E-state index in [2.05, 4.69) is 25.7 Å². The van der Waals surface area contributed by atoms with Crippen molar-refractivity contribution in [3.8, 4) is 0 Å². The Morgan fingerprint density at radius 3 is 2.72 bits per heavy atom. The van der Waals surface area contributed by atoms with Gasteiger partial charge in [-0.05, 0) is 43.4 Å². The third kappa shape index (κ3) is 2.51. The Bertz CT molecular complexity index is 421. The van der Waals surface area contributed by atoms with Crippen molar-refractivity contribution < 1.29 is 9.50 Å². The molecule has 1 aromatic rings. The Kier molecular flexibility index (Phi) is 3.91. The smallest absolute Gasteiger partial charge is 0.123 e. The molecular formula is C15H22FNO. The molecule has 1 aliphatic heterocycles. The van der Waals surface area contributed by atoms with Crippen molar-refractivity contribution in [3.05, 3.63) is 29.6 Å². The fraction of sp³-hybridized carbons (Fsp3) is 0.600. The first kappa shape index (κ1) is 13.3. The number of halogens is 1. The summed E-state index contributed by atoms with van der Waals surface area (Å²) in [7, 11) is 0. The Balaban J connectivity index is 2.34. The molecule has 2 rings (SSSR count). The van der Waals surface area contributed by atoms with E-state index in [-0.39, 0.29) is 12.4 Å². The van der Waals surface area contributed by atoms with Crippen molar-refractivity contribution in [3.63, 3.8) is 0 Å². The molecule has 3 heteroatoms. The molecule has 0 spiro atoms. The summed E-state index contributed by atoms with van der Waals surface area (Å²) in [5.74, 6) is 0.965. The maximum Gasteiger partial charge on any atom is 0.123 e. The predicted molar refractivity (Wildman–Crippen MR) is 72.1 cm³/mol. The third-order valence-corrected chi connectivity index (χ3v) is 4.12. The monoisotopic (exact) mass is 251 g/mol. The van der Waals surface area contributed by atoms with Gasteiger partial charge in [0.25, 0.3) is 0 Å². The molecule has 1 heterocycles. The normalized spacial score (nSPS) is 28.5. The van der Waals surface area contributed by atoms with Gasteiger partial charge in [-0.2, -0.15) is 0 Å². The minimum absolute atomic E-state index is 0.112. The largest absolute Gasteiger partial charge is 0.392 e. The molecule has 100 valence electrons. The maximum atomic E-state index is 13.2. The van der Waals surface area contributed by atoms with Gasteiger partial charge < -0.3 is 10.0 Å². The first-order valence-corrected chi connectivity index (χ1v) is 6.68. The van der Waals surface area contributed by atoms with Crippen molar-refractivity contribution in [2.24, 2.45) is 11.8 Å². The van der Waals surface area contributed by atoms with E-state index in [1.807, 2.05) is 0 Å². The lowest BCUT2D eigenvalue weighted by molar-refractivity contribution is 0.275. The highest BCUT2D eigenvalue weighted by molar-refractivity contribution is 5.55. The topological polar surface area (TPSA) is 23.5 Å². The summed E-state index contributed by atoms with van der Waals surface area (Å²) in [5, 5.41) is 9.40. The molecule has 1 fully saturated rings. The minimum atomic E-state index is -0.284. The van der Waals surface area contributed by atoms with Gasteiger partial charge in [0.2, 0.25) is 0 Å². The average Bonchev–Trinajstić information content (AvgIpc) is 2.34. The van der Waals surface area contributed by atoms with E-state index < -0.39 is 0 Å². The van der Waals surface area contributed by atoms with E-state index in [9.17, 15) is 9.50 Å². The fourth-order valence-electron chi connectivity index (χ4n) is 2.99.